The van der Waals surface area contributed by atoms with Crippen LogP contribution in [0, 0.1) is 17.8 Å². The van der Waals surface area contributed by atoms with Gasteiger partial charge in [-0.1, -0.05) is 0 Å². The van der Waals surface area contributed by atoms with Crippen LogP contribution in [0.15, 0.2) is 0 Å². The maximum Gasteiger partial charge on any atom is 0.0127 e. The van der Waals surface area contributed by atoms with E-state index in [4.69, 9.17) is 0 Å². The molecular formula is C9H15N. The van der Waals surface area contributed by atoms with Gasteiger partial charge in [-0.2, -0.15) is 0 Å². The van der Waals surface area contributed by atoms with Gasteiger partial charge in [-0.25, -0.2) is 0 Å². The van der Waals surface area contributed by atoms with Gasteiger partial charge in [0.1, 0.15) is 0 Å². The van der Waals surface area contributed by atoms with Crippen molar-refractivity contribution in [3.8, 4) is 0 Å². The molecule has 2 bridgehead atoms. The lowest BCUT2D eigenvalue weighted by Gasteiger charge is -2.23. The molecule has 1 nitrogen and oxygen atoms in total. The van der Waals surface area contributed by atoms with Crippen LogP contribution in [0.25, 0.3) is 0 Å². The Labute approximate surface area is 62.2 Å². The summed E-state index contributed by atoms with van der Waals surface area (Å²) in [5.74, 6) is 3.31. The Morgan fingerprint density at radius 2 is 1.90 bits per heavy atom. The third-order valence-electron chi connectivity index (χ3n) is 3.95. The molecule has 1 aliphatic heterocycles. The summed E-state index contributed by atoms with van der Waals surface area (Å²) in [4.78, 5) is 0. The molecule has 0 aromatic carbocycles. The van der Waals surface area contributed by atoms with Gasteiger partial charge in [0, 0.05) is 6.04 Å². The van der Waals surface area contributed by atoms with E-state index >= 15 is 0 Å². The first-order chi connectivity index (χ1) is 4.95. The Morgan fingerprint density at radius 1 is 1.00 bits per heavy atom. The van der Waals surface area contributed by atoms with Crippen molar-refractivity contribution in [2.75, 3.05) is 6.54 Å². The van der Waals surface area contributed by atoms with Crippen LogP contribution in [0.2, 0.25) is 0 Å². The average molecular weight is 137 g/mol. The first kappa shape index (κ1) is 5.59. The molecule has 0 radical (unpaired) electrons. The standard InChI is InChI=1S/C9H15N/c1-2-7-5-6(1)8-3-4-10-9(7)8/h6-10H,1-5H2/t6?,7-,8?,9-/m0/s1. The lowest BCUT2D eigenvalue weighted by molar-refractivity contribution is 0.307. The lowest BCUT2D eigenvalue weighted by Crippen LogP contribution is -2.32. The van der Waals surface area contributed by atoms with E-state index in [0.29, 0.717) is 0 Å². The summed E-state index contributed by atoms with van der Waals surface area (Å²) in [6, 6.07) is 0.957. The molecule has 0 aromatic rings. The summed E-state index contributed by atoms with van der Waals surface area (Å²) in [5, 5.41) is 3.65. The van der Waals surface area contributed by atoms with Crippen molar-refractivity contribution in [2.45, 2.75) is 31.7 Å². The second-order valence-corrected chi connectivity index (χ2v) is 4.27. The molecule has 2 unspecified atom stereocenters. The molecule has 10 heavy (non-hydrogen) atoms. The highest BCUT2D eigenvalue weighted by Gasteiger charge is 2.48. The van der Waals surface area contributed by atoms with Gasteiger partial charge in [0.25, 0.3) is 0 Å². The predicted molar refractivity (Wildman–Crippen MR) is 40.7 cm³/mol. The van der Waals surface area contributed by atoms with Crippen LogP contribution in [-0.4, -0.2) is 12.6 Å². The van der Waals surface area contributed by atoms with Crippen molar-refractivity contribution in [3.63, 3.8) is 0 Å². The molecule has 3 rings (SSSR count). The molecule has 1 N–H and O–H groups in total. The van der Waals surface area contributed by atoms with Crippen LogP contribution in [0.5, 0.6) is 0 Å². The highest BCUT2D eigenvalue weighted by Crippen LogP contribution is 2.51. The number of hydrogen-bond donors (Lipinski definition) is 1. The van der Waals surface area contributed by atoms with Gasteiger partial charge >= 0.3 is 0 Å². The molecule has 1 saturated heterocycles. The van der Waals surface area contributed by atoms with Crippen molar-refractivity contribution < 1.29 is 0 Å². The van der Waals surface area contributed by atoms with E-state index in [1.807, 2.05) is 0 Å². The summed E-state index contributed by atoms with van der Waals surface area (Å²) in [5.41, 5.74) is 0. The number of hydrogen-bond acceptors (Lipinski definition) is 1. The summed E-state index contributed by atoms with van der Waals surface area (Å²) in [6.45, 7) is 1.31. The topological polar surface area (TPSA) is 12.0 Å². The molecule has 2 aliphatic carbocycles. The molecule has 0 spiro atoms. The molecular weight excluding hydrogens is 122 g/mol. The first-order valence-electron chi connectivity index (χ1n) is 4.68. The predicted octanol–water partition coefficient (Wildman–Crippen LogP) is 1.39. The molecule has 1 heteroatoms. The Hall–Kier alpha value is -0.0400. The molecule has 2 saturated carbocycles. The van der Waals surface area contributed by atoms with Crippen LogP contribution in [0.3, 0.4) is 0 Å². The van der Waals surface area contributed by atoms with E-state index in [-0.39, 0.29) is 0 Å². The summed E-state index contributed by atoms with van der Waals surface area (Å²) < 4.78 is 0. The molecule has 56 valence electrons. The molecule has 0 amide bonds. The van der Waals surface area contributed by atoms with Crippen molar-refractivity contribution in [1.82, 2.24) is 5.32 Å². The largest absolute Gasteiger partial charge is 0.313 e. The summed E-state index contributed by atoms with van der Waals surface area (Å²) >= 11 is 0. The minimum Gasteiger partial charge on any atom is -0.313 e. The van der Waals surface area contributed by atoms with Crippen molar-refractivity contribution in [1.29, 1.82) is 0 Å². The van der Waals surface area contributed by atoms with E-state index < -0.39 is 0 Å². The van der Waals surface area contributed by atoms with E-state index in [0.717, 1.165) is 23.8 Å². The van der Waals surface area contributed by atoms with Gasteiger partial charge in [0.2, 0.25) is 0 Å². The fraction of sp³-hybridized carbons (Fsp3) is 1.00. The minimum absolute atomic E-state index is 0.957. The van der Waals surface area contributed by atoms with E-state index in [1.54, 1.807) is 12.8 Å². The number of fused-ring (bicyclic) bond motifs is 5. The molecule has 4 atom stereocenters. The Bertz CT molecular complexity index is 139. The van der Waals surface area contributed by atoms with Gasteiger partial charge < -0.3 is 5.32 Å². The van der Waals surface area contributed by atoms with Crippen LogP contribution >= 0.6 is 0 Å². The third-order valence-corrected chi connectivity index (χ3v) is 3.95. The third kappa shape index (κ3) is 0.531. The van der Waals surface area contributed by atoms with Crippen LogP contribution in [0.4, 0.5) is 0 Å². The van der Waals surface area contributed by atoms with Crippen molar-refractivity contribution in [3.05, 3.63) is 0 Å². The van der Waals surface area contributed by atoms with E-state index in [2.05, 4.69) is 5.32 Å². The molecule has 1 heterocycles. The SMILES string of the molecule is C1CC2C3CC[C@@H](C3)[C@@H]2N1. The van der Waals surface area contributed by atoms with E-state index in [1.165, 1.54) is 19.4 Å². The maximum atomic E-state index is 3.65. The molecule has 3 aliphatic rings. The smallest absolute Gasteiger partial charge is 0.0127 e. The van der Waals surface area contributed by atoms with Crippen molar-refractivity contribution in [2.24, 2.45) is 17.8 Å². The highest BCUT2D eigenvalue weighted by atomic mass is 15.0. The first-order valence-corrected chi connectivity index (χ1v) is 4.68. The fourth-order valence-electron chi connectivity index (χ4n) is 3.56. The quantitative estimate of drug-likeness (QED) is 0.532. The van der Waals surface area contributed by atoms with Gasteiger partial charge in [0.05, 0.1) is 0 Å². The number of rotatable bonds is 0. The normalized spacial score (nSPS) is 57.6. The van der Waals surface area contributed by atoms with Crippen LogP contribution in [-0.2, 0) is 0 Å². The second-order valence-electron chi connectivity index (χ2n) is 4.27. The zero-order valence-corrected chi connectivity index (χ0v) is 6.34. The highest BCUT2D eigenvalue weighted by molar-refractivity contribution is 5.03. The van der Waals surface area contributed by atoms with Gasteiger partial charge in [-0.15, -0.1) is 0 Å². The Balaban J connectivity index is 1.92. The average Bonchev–Trinajstić information content (AvgIpc) is 2.60. The van der Waals surface area contributed by atoms with Crippen LogP contribution < -0.4 is 5.32 Å². The summed E-state index contributed by atoms with van der Waals surface area (Å²) in [6.07, 6.45) is 6.11. The summed E-state index contributed by atoms with van der Waals surface area (Å²) in [7, 11) is 0. The van der Waals surface area contributed by atoms with Gasteiger partial charge in [0.15, 0.2) is 0 Å². The maximum absolute atomic E-state index is 3.65. The van der Waals surface area contributed by atoms with Gasteiger partial charge in [-0.05, 0) is 50.0 Å². The lowest BCUT2D eigenvalue weighted by atomic mass is 9.85. The van der Waals surface area contributed by atoms with Crippen LogP contribution in [0.1, 0.15) is 25.7 Å². The fourth-order valence-corrected chi connectivity index (χ4v) is 3.56. The zero-order chi connectivity index (χ0) is 6.55. The Kier molecular flexibility index (Phi) is 0.984. The van der Waals surface area contributed by atoms with Crippen molar-refractivity contribution >= 4 is 0 Å². The molecule has 3 fully saturated rings. The second kappa shape index (κ2) is 1.76. The Morgan fingerprint density at radius 3 is 2.80 bits per heavy atom. The minimum atomic E-state index is 0.957. The van der Waals surface area contributed by atoms with Gasteiger partial charge in [-0.3, -0.25) is 0 Å². The van der Waals surface area contributed by atoms with E-state index in [9.17, 15) is 0 Å². The monoisotopic (exact) mass is 137 g/mol. The number of nitrogens with one attached hydrogen (secondary N) is 1. The molecule has 0 aromatic heterocycles. The zero-order valence-electron chi connectivity index (χ0n) is 6.34.